The molecule has 114 valence electrons. The molecule has 1 aromatic carbocycles. The van der Waals surface area contributed by atoms with Crippen LogP contribution in [-0.4, -0.2) is 15.2 Å². The van der Waals surface area contributed by atoms with Crippen molar-refractivity contribution in [3.05, 3.63) is 40.2 Å². The summed E-state index contributed by atoms with van der Waals surface area (Å²) in [7, 11) is 0. The average molecular weight is 300 g/mol. The third-order valence-electron chi connectivity index (χ3n) is 4.10. The minimum atomic E-state index is -0.455. The van der Waals surface area contributed by atoms with Crippen molar-refractivity contribution in [3.8, 4) is 0 Å². The lowest BCUT2D eigenvalue weighted by Gasteiger charge is -2.03. The van der Waals surface area contributed by atoms with E-state index < -0.39 is 5.76 Å². The number of oxazole rings is 1. The van der Waals surface area contributed by atoms with Gasteiger partial charge in [0, 0.05) is 18.0 Å². The van der Waals surface area contributed by atoms with Gasteiger partial charge in [0.05, 0.1) is 5.52 Å². The normalized spacial score (nSPS) is 15.6. The summed E-state index contributed by atoms with van der Waals surface area (Å²) in [6.07, 6.45) is 4.69. The Bertz CT molecular complexity index is 842. The first-order valence-corrected chi connectivity index (χ1v) is 7.47. The molecule has 2 N–H and O–H groups in total. The van der Waals surface area contributed by atoms with Gasteiger partial charge < -0.3 is 14.2 Å². The van der Waals surface area contributed by atoms with Crippen LogP contribution in [0.2, 0.25) is 0 Å². The highest BCUT2D eigenvalue weighted by atomic mass is 16.4. The largest absolute Gasteiger partial charge is 0.417 e. The van der Waals surface area contributed by atoms with Gasteiger partial charge in [-0.15, -0.1) is 5.10 Å². The molecule has 2 aromatic heterocycles. The van der Waals surface area contributed by atoms with Gasteiger partial charge in [-0.2, -0.15) is 0 Å². The first kappa shape index (κ1) is 13.1. The van der Waals surface area contributed by atoms with Crippen molar-refractivity contribution in [2.45, 2.75) is 38.1 Å². The van der Waals surface area contributed by atoms with Crippen LogP contribution in [0.15, 0.2) is 31.8 Å². The Hall–Kier alpha value is -2.57. The highest BCUT2D eigenvalue weighted by molar-refractivity contribution is 5.75. The van der Waals surface area contributed by atoms with Crippen molar-refractivity contribution < 1.29 is 8.83 Å². The smallest absolute Gasteiger partial charge is 0.408 e. The summed E-state index contributed by atoms with van der Waals surface area (Å²) in [5.41, 5.74) is 2.09. The van der Waals surface area contributed by atoms with Crippen molar-refractivity contribution in [1.82, 2.24) is 15.2 Å². The Labute approximate surface area is 125 Å². The molecule has 3 aromatic rings. The molecule has 0 aliphatic heterocycles. The van der Waals surface area contributed by atoms with Gasteiger partial charge in [0.1, 0.15) is 0 Å². The summed E-state index contributed by atoms with van der Waals surface area (Å²) >= 11 is 0. The van der Waals surface area contributed by atoms with E-state index in [1.165, 1.54) is 12.8 Å². The van der Waals surface area contributed by atoms with E-state index in [0.717, 1.165) is 18.4 Å². The summed E-state index contributed by atoms with van der Waals surface area (Å²) in [5.74, 6) is 0.657. The summed E-state index contributed by atoms with van der Waals surface area (Å²) in [6.45, 7) is 0.449. The lowest BCUT2D eigenvalue weighted by molar-refractivity contribution is 0.457. The van der Waals surface area contributed by atoms with E-state index in [-0.39, 0.29) is 0 Å². The fourth-order valence-electron chi connectivity index (χ4n) is 2.99. The monoisotopic (exact) mass is 300 g/mol. The van der Waals surface area contributed by atoms with Gasteiger partial charge in [0.2, 0.25) is 5.89 Å². The second-order valence-electron chi connectivity index (χ2n) is 5.59. The fourth-order valence-corrected chi connectivity index (χ4v) is 2.99. The SMILES string of the molecule is O=c1[nH]c2cccc(CNc3nnc(C4CCCC4)o3)c2o1. The maximum absolute atomic E-state index is 11.3. The van der Waals surface area contributed by atoms with Crippen LogP contribution >= 0.6 is 0 Å². The number of aromatic nitrogens is 3. The first-order valence-electron chi connectivity index (χ1n) is 7.47. The number of rotatable bonds is 4. The molecule has 1 aliphatic rings. The van der Waals surface area contributed by atoms with Gasteiger partial charge >= 0.3 is 11.8 Å². The molecule has 0 spiro atoms. The standard InChI is InChI=1S/C15H16N4O3/c20-15-17-11-7-3-6-10(12(11)21-15)8-16-14-19-18-13(22-14)9-4-1-2-5-9/h3,6-7,9H,1-2,4-5,8H2,(H,16,19)(H,17,20). The lowest BCUT2D eigenvalue weighted by atomic mass is 10.1. The number of anilines is 1. The number of aromatic amines is 1. The van der Waals surface area contributed by atoms with Crippen LogP contribution in [0.3, 0.4) is 0 Å². The molecule has 0 unspecified atom stereocenters. The molecule has 7 heteroatoms. The van der Waals surface area contributed by atoms with E-state index in [1.807, 2.05) is 12.1 Å². The molecule has 0 atom stereocenters. The van der Waals surface area contributed by atoms with E-state index in [1.54, 1.807) is 6.07 Å². The molecular formula is C15H16N4O3. The van der Waals surface area contributed by atoms with Crippen molar-refractivity contribution >= 4 is 17.1 Å². The molecule has 0 radical (unpaired) electrons. The van der Waals surface area contributed by atoms with Gasteiger partial charge in [-0.25, -0.2) is 4.79 Å². The second-order valence-corrected chi connectivity index (χ2v) is 5.59. The molecule has 7 nitrogen and oxygen atoms in total. The lowest BCUT2D eigenvalue weighted by Crippen LogP contribution is -2.00. The highest BCUT2D eigenvalue weighted by Crippen LogP contribution is 2.33. The Kier molecular flexibility index (Phi) is 3.17. The molecule has 1 fully saturated rings. The molecule has 0 amide bonds. The number of nitrogens with one attached hydrogen (secondary N) is 2. The van der Waals surface area contributed by atoms with Crippen LogP contribution in [0.5, 0.6) is 0 Å². The number of hydrogen-bond donors (Lipinski definition) is 2. The molecule has 22 heavy (non-hydrogen) atoms. The number of H-pyrrole nitrogens is 1. The quantitative estimate of drug-likeness (QED) is 0.769. The number of fused-ring (bicyclic) bond motifs is 1. The van der Waals surface area contributed by atoms with E-state index in [4.69, 9.17) is 8.83 Å². The van der Waals surface area contributed by atoms with Crippen LogP contribution < -0.4 is 11.1 Å². The topological polar surface area (TPSA) is 97.0 Å². The Morgan fingerprint density at radius 2 is 2.09 bits per heavy atom. The van der Waals surface area contributed by atoms with Gasteiger partial charge in [-0.1, -0.05) is 30.1 Å². The minimum absolute atomic E-state index is 0.397. The predicted octanol–water partition coefficient (Wildman–Crippen LogP) is 2.77. The van der Waals surface area contributed by atoms with Crippen LogP contribution in [0.1, 0.15) is 43.1 Å². The third-order valence-corrected chi connectivity index (χ3v) is 4.10. The number of hydrogen-bond acceptors (Lipinski definition) is 6. The highest BCUT2D eigenvalue weighted by Gasteiger charge is 2.22. The average Bonchev–Trinajstić information content (AvgIpc) is 3.24. The number of para-hydroxylation sites is 1. The zero-order valence-electron chi connectivity index (χ0n) is 12.0. The van der Waals surface area contributed by atoms with Crippen molar-refractivity contribution in [3.63, 3.8) is 0 Å². The van der Waals surface area contributed by atoms with Crippen molar-refractivity contribution in [1.29, 1.82) is 0 Å². The number of nitrogens with zero attached hydrogens (tertiary/aromatic N) is 2. The molecule has 0 bridgehead atoms. The number of benzene rings is 1. The minimum Gasteiger partial charge on any atom is -0.408 e. The second kappa shape index (κ2) is 5.32. The van der Waals surface area contributed by atoms with Crippen LogP contribution in [0, 0.1) is 0 Å². The predicted molar refractivity (Wildman–Crippen MR) is 79.7 cm³/mol. The van der Waals surface area contributed by atoms with Crippen LogP contribution in [0.25, 0.3) is 11.1 Å². The molecular weight excluding hydrogens is 284 g/mol. The van der Waals surface area contributed by atoms with Gasteiger partial charge in [-0.05, 0) is 18.9 Å². The van der Waals surface area contributed by atoms with Crippen LogP contribution in [-0.2, 0) is 6.54 Å². The summed E-state index contributed by atoms with van der Waals surface area (Å²) < 4.78 is 10.8. The van der Waals surface area contributed by atoms with E-state index in [2.05, 4.69) is 20.5 Å². The summed E-state index contributed by atoms with van der Waals surface area (Å²) in [4.78, 5) is 13.9. The summed E-state index contributed by atoms with van der Waals surface area (Å²) in [6, 6.07) is 5.95. The maximum atomic E-state index is 11.3. The Morgan fingerprint density at radius 1 is 1.23 bits per heavy atom. The van der Waals surface area contributed by atoms with Crippen LogP contribution in [0.4, 0.5) is 6.01 Å². The molecule has 1 saturated carbocycles. The third kappa shape index (κ3) is 2.38. The molecule has 1 aliphatic carbocycles. The van der Waals surface area contributed by atoms with E-state index in [0.29, 0.717) is 35.5 Å². The fraction of sp³-hybridized carbons (Fsp3) is 0.400. The first-order chi connectivity index (χ1) is 10.8. The van der Waals surface area contributed by atoms with E-state index >= 15 is 0 Å². The van der Waals surface area contributed by atoms with Gasteiger partial charge in [0.25, 0.3) is 0 Å². The Balaban J connectivity index is 1.50. The van der Waals surface area contributed by atoms with Crippen molar-refractivity contribution in [2.75, 3.05) is 5.32 Å². The van der Waals surface area contributed by atoms with Crippen molar-refractivity contribution in [2.24, 2.45) is 0 Å². The maximum Gasteiger partial charge on any atom is 0.417 e. The van der Waals surface area contributed by atoms with Gasteiger partial charge in [-0.3, -0.25) is 4.98 Å². The van der Waals surface area contributed by atoms with Gasteiger partial charge in [0.15, 0.2) is 5.58 Å². The summed E-state index contributed by atoms with van der Waals surface area (Å²) in [5, 5.41) is 11.2. The Morgan fingerprint density at radius 3 is 2.95 bits per heavy atom. The van der Waals surface area contributed by atoms with E-state index in [9.17, 15) is 4.79 Å². The zero-order chi connectivity index (χ0) is 14.9. The molecule has 2 heterocycles. The zero-order valence-corrected chi connectivity index (χ0v) is 12.0. The molecule has 0 saturated heterocycles. The molecule has 4 rings (SSSR count).